The lowest BCUT2D eigenvalue weighted by Gasteiger charge is -2.27. The van der Waals surface area contributed by atoms with E-state index in [1.807, 2.05) is 31.2 Å². The van der Waals surface area contributed by atoms with E-state index < -0.39 is 10.1 Å². The zero-order valence-electron chi connectivity index (χ0n) is 21.6. The Kier molecular flexibility index (Phi) is 10.0. The van der Waals surface area contributed by atoms with Crippen molar-refractivity contribution >= 4 is 10.1 Å². The van der Waals surface area contributed by atoms with E-state index in [-0.39, 0.29) is 18.6 Å². The molecule has 2 atom stereocenters. The minimum atomic E-state index is -3.61. The Bertz CT molecular complexity index is 1220. The van der Waals surface area contributed by atoms with Crippen LogP contribution in [-0.4, -0.2) is 50.1 Å². The highest BCUT2D eigenvalue weighted by atomic mass is 32.2. The fourth-order valence-corrected chi connectivity index (χ4v) is 4.68. The number of benzene rings is 1. The molecule has 1 aromatic carbocycles. The minimum Gasteiger partial charge on any atom is -0.372 e. The molecule has 0 amide bonds. The monoisotopic (exact) mass is 511 g/mol. The highest BCUT2D eigenvalue weighted by Crippen LogP contribution is 2.21. The zero-order valence-corrected chi connectivity index (χ0v) is 22.4. The van der Waals surface area contributed by atoms with Crippen LogP contribution >= 0.6 is 0 Å². The summed E-state index contributed by atoms with van der Waals surface area (Å²) < 4.78 is 37.2. The van der Waals surface area contributed by atoms with Crippen molar-refractivity contribution in [3.63, 3.8) is 0 Å². The lowest BCUT2D eigenvalue weighted by molar-refractivity contribution is 0.0131. The molecule has 3 rings (SSSR count). The molecule has 0 fully saturated rings. The Hall–Kier alpha value is -2.78. The van der Waals surface area contributed by atoms with E-state index in [4.69, 9.17) is 13.9 Å². The summed E-state index contributed by atoms with van der Waals surface area (Å²) in [6.45, 7) is 11.5. The Balaban J connectivity index is 1.85. The first-order valence-corrected chi connectivity index (χ1v) is 13.9. The molecule has 0 bridgehead atoms. The molecular formula is C28H37N3O4S. The number of nitrogens with one attached hydrogen (secondary N) is 1. The van der Waals surface area contributed by atoms with E-state index in [9.17, 15) is 8.42 Å². The van der Waals surface area contributed by atoms with Crippen LogP contribution < -0.4 is 5.32 Å². The van der Waals surface area contributed by atoms with Gasteiger partial charge in [0.05, 0.1) is 25.6 Å². The van der Waals surface area contributed by atoms with Crippen LogP contribution in [0, 0.1) is 26.7 Å². The van der Waals surface area contributed by atoms with Crippen LogP contribution in [0.3, 0.4) is 0 Å². The van der Waals surface area contributed by atoms with Gasteiger partial charge in [-0.15, -0.1) is 6.58 Å². The van der Waals surface area contributed by atoms with Gasteiger partial charge in [-0.05, 0) is 62.6 Å². The van der Waals surface area contributed by atoms with Crippen LogP contribution in [0.1, 0.15) is 28.2 Å². The van der Waals surface area contributed by atoms with Gasteiger partial charge < -0.3 is 14.6 Å². The first kappa shape index (κ1) is 27.8. The first-order valence-electron chi connectivity index (χ1n) is 12.1. The van der Waals surface area contributed by atoms with Crippen molar-refractivity contribution in [1.29, 1.82) is 0 Å². The Morgan fingerprint density at radius 1 is 1.08 bits per heavy atom. The van der Waals surface area contributed by atoms with Crippen LogP contribution in [0.15, 0.2) is 67.3 Å². The van der Waals surface area contributed by atoms with E-state index in [0.29, 0.717) is 26.1 Å². The van der Waals surface area contributed by atoms with Gasteiger partial charge in [0.1, 0.15) is 5.82 Å². The summed E-state index contributed by atoms with van der Waals surface area (Å²) >= 11 is 0. The summed E-state index contributed by atoms with van der Waals surface area (Å²) in [5.74, 6) is 0.593. The first-order chi connectivity index (χ1) is 17.2. The van der Waals surface area contributed by atoms with Gasteiger partial charge in [0.15, 0.2) is 0 Å². The molecule has 1 N–H and O–H groups in total. The normalized spacial score (nSPS) is 13.4. The molecule has 2 heterocycles. The molecule has 36 heavy (non-hydrogen) atoms. The highest BCUT2D eigenvalue weighted by Gasteiger charge is 2.25. The minimum absolute atomic E-state index is 0.000189. The van der Waals surface area contributed by atoms with Crippen molar-refractivity contribution in [3.8, 4) is 5.82 Å². The number of aromatic nitrogens is 2. The SMILES string of the molecule is C=CCO[C@@H](CNCc1ccccc1)[C@@H](COS(C)(=O)=O)Cc1cc(C)cc(-n2c(C)ccc2C)n1. The summed E-state index contributed by atoms with van der Waals surface area (Å²) in [5, 5.41) is 3.45. The van der Waals surface area contributed by atoms with Crippen LogP contribution in [0.5, 0.6) is 0 Å². The molecule has 0 radical (unpaired) electrons. The number of pyridine rings is 1. The van der Waals surface area contributed by atoms with Crippen LogP contribution in [0.25, 0.3) is 5.82 Å². The molecule has 0 aliphatic rings. The van der Waals surface area contributed by atoms with Crippen LogP contribution in [0.2, 0.25) is 0 Å². The molecule has 0 aliphatic heterocycles. The van der Waals surface area contributed by atoms with E-state index >= 15 is 0 Å². The predicted octanol–water partition coefficient (Wildman–Crippen LogP) is 4.29. The van der Waals surface area contributed by atoms with Crippen molar-refractivity contribution in [2.24, 2.45) is 5.92 Å². The number of nitrogens with zero attached hydrogens (tertiary/aromatic N) is 2. The van der Waals surface area contributed by atoms with Gasteiger partial charge in [-0.2, -0.15) is 8.42 Å². The molecule has 0 saturated heterocycles. The molecule has 7 nitrogen and oxygen atoms in total. The summed E-state index contributed by atoms with van der Waals surface area (Å²) in [5.41, 5.74) is 5.30. The number of rotatable bonds is 14. The maximum Gasteiger partial charge on any atom is 0.264 e. The molecule has 2 aromatic heterocycles. The standard InChI is InChI=1S/C28H37N3O4S/c1-6-14-34-27(19-29-18-24-10-8-7-9-11-24)25(20-35-36(5,32)33)17-26-15-21(2)16-28(30-26)31-22(3)12-13-23(31)4/h6-13,15-16,25,27,29H,1,14,17-20H2,2-5H3/t25-,27+/m1/s1. The Labute approximate surface area is 215 Å². The van der Waals surface area contributed by atoms with Crippen molar-refractivity contribution in [3.05, 3.63) is 95.5 Å². The fourth-order valence-electron chi connectivity index (χ4n) is 4.25. The van der Waals surface area contributed by atoms with E-state index in [1.165, 1.54) is 0 Å². The summed E-state index contributed by atoms with van der Waals surface area (Å²) in [6, 6.07) is 18.3. The van der Waals surface area contributed by atoms with Crippen molar-refractivity contribution < 1.29 is 17.3 Å². The van der Waals surface area contributed by atoms with Crippen molar-refractivity contribution in [2.45, 2.75) is 39.8 Å². The molecule has 0 aliphatic carbocycles. The predicted molar refractivity (Wildman–Crippen MR) is 144 cm³/mol. The highest BCUT2D eigenvalue weighted by molar-refractivity contribution is 7.85. The molecule has 3 aromatic rings. The Morgan fingerprint density at radius 3 is 2.42 bits per heavy atom. The van der Waals surface area contributed by atoms with Crippen molar-refractivity contribution in [2.75, 3.05) is 26.0 Å². The summed E-state index contributed by atoms with van der Waals surface area (Å²) in [4.78, 5) is 4.93. The maximum absolute atomic E-state index is 11.8. The number of aryl methyl sites for hydroxylation is 3. The Morgan fingerprint density at radius 2 is 1.78 bits per heavy atom. The number of hydrogen-bond acceptors (Lipinski definition) is 6. The smallest absolute Gasteiger partial charge is 0.264 e. The lowest BCUT2D eigenvalue weighted by Crippen LogP contribution is -2.39. The largest absolute Gasteiger partial charge is 0.372 e. The molecule has 0 spiro atoms. The lowest BCUT2D eigenvalue weighted by atomic mass is 9.96. The number of hydrogen-bond donors (Lipinski definition) is 1. The molecule has 0 unspecified atom stereocenters. The number of ether oxygens (including phenoxy) is 1. The average molecular weight is 512 g/mol. The summed E-state index contributed by atoms with van der Waals surface area (Å²) in [7, 11) is -3.61. The van der Waals surface area contributed by atoms with E-state index in [0.717, 1.165) is 40.3 Å². The second-order valence-electron chi connectivity index (χ2n) is 9.18. The average Bonchev–Trinajstić information content (AvgIpc) is 3.16. The van der Waals surface area contributed by atoms with Gasteiger partial charge >= 0.3 is 0 Å². The van der Waals surface area contributed by atoms with Crippen molar-refractivity contribution in [1.82, 2.24) is 14.9 Å². The van der Waals surface area contributed by atoms with Gasteiger partial charge in [-0.1, -0.05) is 36.4 Å². The van der Waals surface area contributed by atoms with Gasteiger partial charge in [-0.25, -0.2) is 4.98 Å². The molecule has 8 heteroatoms. The second kappa shape index (κ2) is 13.0. The topological polar surface area (TPSA) is 82.5 Å². The maximum atomic E-state index is 11.8. The zero-order chi connectivity index (χ0) is 26.1. The fraction of sp³-hybridized carbons (Fsp3) is 0.393. The molecule has 0 saturated carbocycles. The van der Waals surface area contributed by atoms with Gasteiger partial charge in [0, 0.05) is 36.1 Å². The van der Waals surface area contributed by atoms with E-state index in [1.54, 1.807) is 6.08 Å². The van der Waals surface area contributed by atoms with Crippen LogP contribution in [-0.2, 0) is 32.0 Å². The second-order valence-corrected chi connectivity index (χ2v) is 10.8. The van der Waals surface area contributed by atoms with Crippen LogP contribution in [0.4, 0.5) is 0 Å². The van der Waals surface area contributed by atoms with Gasteiger partial charge in [0.25, 0.3) is 10.1 Å². The van der Waals surface area contributed by atoms with Gasteiger partial charge in [-0.3, -0.25) is 4.18 Å². The third-order valence-electron chi connectivity index (χ3n) is 5.95. The summed E-state index contributed by atoms with van der Waals surface area (Å²) in [6.07, 6.45) is 2.95. The van der Waals surface area contributed by atoms with Gasteiger partial charge in [0.2, 0.25) is 0 Å². The van der Waals surface area contributed by atoms with E-state index in [2.05, 4.69) is 60.6 Å². The third kappa shape index (κ3) is 8.41. The third-order valence-corrected chi connectivity index (χ3v) is 6.51. The molecule has 194 valence electrons. The quantitative estimate of drug-likeness (QED) is 0.257. The molecular weight excluding hydrogens is 474 g/mol.